The van der Waals surface area contributed by atoms with Gasteiger partial charge in [0.1, 0.15) is 6.33 Å². The molecule has 0 saturated carbocycles. The lowest BCUT2D eigenvalue weighted by molar-refractivity contribution is 0.102. The van der Waals surface area contributed by atoms with Gasteiger partial charge in [-0.3, -0.25) is 4.79 Å². The van der Waals surface area contributed by atoms with Crippen LogP contribution < -0.4 is 5.32 Å². The minimum atomic E-state index is -0.320. The molecule has 0 unspecified atom stereocenters. The molecule has 0 atom stereocenters. The summed E-state index contributed by atoms with van der Waals surface area (Å²) in [6.45, 7) is 0.557. The fourth-order valence-corrected chi connectivity index (χ4v) is 2.42. The summed E-state index contributed by atoms with van der Waals surface area (Å²) in [5.74, 6) is -0.320. The van der Waals surface area contributed by atoms with E-state index in [1.807, 2.05) is 30.3 Å². The predicted octanol–water partition coefficient (Wildman–Crippen LogP) is 1.55. The van der Waals surface area contributed by atoms with E-state index < -0.39 is 0 Å². The maximum Gasteiger partial charge on any atom is 0.277 e. The van der Waals surface area contributed by atoms with Crippen LogP contribution in [0.5, 0.6) is 0 Å². The first-order valence-electron chi connectivity index (χ1n) is 7.87. The van der Waals surface area contributed by atoms with E-state index >= 15 is 0 Å². The number of aromatic nitrogens is 7. The molecule has 4 aromatic rings. The van der Waals surface area contributed by atoms with Crippen molar-refractivity contribution in [3.63, 3.8) is 0 Å². The van der Waals surface area contributed by atoms with Gasteiger partial charge in [-0.2, -0.15) is 0 Å². The molecule has 128 valence electrons. The second-order valence-electron chi connectivity index (χ2n) is 5.54. The van der Waals surface area contributed by atoms with E-state index in [-0.39, 0.29) is 11.6 Å². The molecule has 0 saturated heterocycles. The van der Waals surface area contributed by atoms with Gasteiger partial charge in [-0.05, 0) is 40.3 Å². The topological polar surface area (TPSA) is 103 Å². The number of hydrogen-bond donors (Lipinski definition) is 1. The minimum Gasteiger partial charge on any atom is -0.321 e. The summed E-state index contributed by atoms with van der Waals surface area (Å²) in [7, 11) is 0. The summed E-state index contributed by atoms with van der Waals surface area (Å²) in [4.78, 5) is 12.3. The highest BCUT2D eigenvalue weighted by Crippen LogP contribution is 2.13. The molecule has 2 aromatic carbocycles. The smallest absolute Gasteiger partial charge is 0.277 e. The SMILES string of the molecule is O=C(Nc1ccc(-n2cnnn2)cc1)c1cn(Cc2ccccc2)nn1. The Morgan fingerprint density at radius 2 is 1.81 bits per heavy atom. The number of nitrogens with zero attached hydrogens (tertiary/aromatic N) is 7. The summed E-state index contributed by atoms with van der Waals surface area (Å²) < 4.78 is 3.16. The van der Waals surface area contributed by atoms with Crippen molar-refractivity contribution >= 4 is 11.6 Å². The highest BCUT2D eigenvalue weighted by Gasteiger charge is 2.11. The molecule has 0 aliphatic heterocycles. The van der Waals surface area contributed by atoms with Crippen LogP contribution in [-0.2, 0) is 6.54 Å². The Hall–Kier alpha value is -3.88. The molecule has 0 spiro atoms. The van der Waals surface area contributed by atoms with Gasteiger partial charge in [0.2, 0.25) is 0 Å². The van der Waals surface area contributed by atoms with Gasteiger partial charge >= 0.3 is 0 Å². The van der Waals surface area contributed by atoms with Crippen molar-refractivity contribution in [2.75, 3.05) is 5.32 Å². The van der Waals surface area contributed by atoms with E-state index in [9.17, 15) is 4.79 Å². The first kappa shape index (κ1) is 15.6. The number of anilines is 1. The molecular weight excluding hydrogens is 332 g/mol. The molecule has 26 heavy (non-hydrogen) atoms. The fourth-order valence-electron chi connectivity index (χ4n) is 2.42. The molecule has 2 heterocycles. The number of nitrogens with one attached hydrogen (secondary N) is 1. The molecule has 0 aliphatic carbocycles. The molecule has 2 aromatic heterocycles. The number of tetrazole rings is 1. The van der Waals surface area contributed by atoms with E-state index in [4.69, 9.17) is 0 Å². The van der Waals surface area contributed by atoms with E-state index in [1.165, 1.54) is 11.0 Å². The van der Waals surface area contributed by atoms with Crippen molar-refractivity contribution < 1.29 is 4.79 Å². The van der Waals surface area contributed by atoms with E-state index in [0.29, 0.717) is 12.2 Å². The second kappa shape index (κ2) is 6.93. The monoisotopic (exact) mass is 346 g/mol. The third-order valence-electron chi connectivity index (χ3n) is 3.70. The van der Waals surface area contributed by atoms with Crippen LogP contribution in [0.15, 0.2) is 67.1 Å². The van der Waals surface area contributed by atoms with E-state index in [0.717, 1.165) is 11.3 Å². The Morgan fingerprint density at radius 1 is 1.00 bits per heavy atom. The molecule has 0 aliphatic rings. The van der Waals surface area contributed by atoms with Gasteiger partial charge < -0.3 is 5.32 Å². The van der Waals surface area contributed by atoms with Crippen molar-refractivity contribution in [3.05, 3.63) is 78.4 Å². The van der Waals surface area contributed by atoms with Gasteiger partial charge in [0, 0.05) is 5.69 Å². The Kier molecular flexibility index (Phi) is 4.17. The fraction of sp³-hybridized carbons (Fsp3) is 0.0588. The van der Waals surface area contributed by atoms with E-state index in [2.05, 4.69) is 31.2 Å². The Labute approximate surface area is 148 Å². The van der Waals surface area contributed by atoms with Gasteiger partial charge in [0.15, 0.2) is 5.69 Å². The zero-order valence-electron chi connectivity index (χ0n) is 13.6. The number of carbonyl (C=O) groups excluding carboxylic acids is 1. The number of rotatable bonds is 5. The Morgan fingerprint density at radius 3 is 2.54 bits per heavy atom. The maximum atomic E-state index is 12.3. The highest BCUT2D eigenvalue weighted by atomic mass is 16.2. The van der Waals surface area contributed by atoms with Crippen LogP contribution in [0, 0.1) is 0 Å². The van der Waals surface area contributed by atoms with Gasteiger partial charge in [0.25, 0.3) is 5.91 Å². The van der Waals surface area contributed by atoms with Gasteiger partial charge in [-0.25, -0.2) is 9.36 Å². The van der Waals surface area contributed by atoms with Crippen molar-refractivity contribution in [1.29, 1.82) is 0 Å². The van der Waals surface area contributed by atoms with Gasteiger partial charge in [-0.15, -0.1) is 10.2 Å². The van der Waals surface area contributed by atoms with Crippen molar-refractivity contribution in [2.24, 2.45) is 0 Å². The average Bonchev–Trinajstić information content (AvgIpc) is 3.35. The molecule has 4 rings (SSSR count). The third-order valence-corrected chi connectivity index (χ3v) is 3.70. The van der Waals surface area contributed by atoms with Crippen LogP contribution in [0.3, 0.4) is 0 Å². The highest BCUT2D eigenvalue weighted by molar-refractivity contribution is 6.02. The first-order chi connectivity index (χ1) is 12.8. The van der Waals surface area contributed by atoms with Crippen molar-refractivity contribution in [2.45, 2.75) is 6.54 Å². The Balaban J connectivity index is 1.42. The van der Waals surface area contributed by atoms with Crippen LogP contribution in [0.4, 0.5) is 5.69 Å². The van der Waals surface area contributed by atoms with E-state index in [1.54, 1.807) is 35.1 Å². The first-order valence-corrected chi connectivity index (χ1v) is 7.87. The normalized spacial score (nSPS) is 10.6. The molecule has 1 amide bonds. The molecule has 0 bridgehead atoms. The number of carbonyl (C=O) groups is 1. The van der Waals surface area contributed by atoms with Crippen LogP contribution in [0.1, 0.15) is 16.1 Å². The lowest BCUT2D eigenvalue weighted by Gasteiger charge is -2.04. The number of amides is 1. The van der Waals surface area contributed by atoms with Crippen LogP contribution >= 0.6 is 0 Å². The summed E-state index contributed by atoms with van der Waals surface area (Å²) >= 11 is 0. The molecule has 9 heteroatoms. The molecule has 0 radical (unpaired) electrons. The third kappa shape index (κ3) is 3.46. The number of hydrogen-bond acceptors (Lipinski definition) is 6. The van der Waals surface area contributed by atoms with Crippen LogP contribution in [0.25, 0.3) is 5.69 Å². The summed E-state index contributed by atoms with van der Waals surface area (Å²) in [6.07, 6.45) is 3.12. The number of benzene rings is 2. The van der Waals surface area contributed by atoms with Gasteiger partial charge in [-0.1, -0.05) is 35.5 Å². The standard InChI is InChI=1S/C17H14N8O/c26-17(16-11-24(22-20-16)10-13-4-2-1-3-5-13)19-14-6-8-15(9-7-14)25-12-18-21-23-25/h1-9,11-12H,10H2,(H,19,26). The molecule has 9 nitrogen and oxygen atoms in total. The molecule has 0 fully saturated rings. The average molecular weight is 346 g/mol. The van der Waals surface area contributed by atoms with Crippen LogP contribution in [-0.4, -0.2) is 41.1 Å². The molecular formula is C17H14N8O. The lowest BCUT2D eigenvalue weighted by atomic mass is 10.2. The van der Waals surface area contributed by atoms with Crippen molar-refractivity contribution in [3.8, 4) is 5.69 Å². The summed E-state index contributed by atoms with van der Waals surface area (Å²) in [6, 6.07) is 17.0. The van der Waals surface area contributed by atoms with Gasteiger partial charge in [0.05, 0.1) is 18.4 Å². The lowest BCUT2D eigenvalue weighted by Crippen LogP contribution is -2.12. The predicted molar refractivity (Wildman–Crippen MR) is 92.7 cm³/mol. The maximum absolute atomic E-state index is 12.3. The quantitative estimate of drug-likeness (QED) is 0.588. The summed E-state index contributed by atoms with van der Waals surface area (Å²) in [5.41, 5.74) is 2.78. The summed E-state index contributed by atoms with van der Waals surface area (Å²) in [5, 5.41) is 21.7. The minimum absolute atomic E-state index is 0.255. The van der Waals surface area contributed by atoms with Crippen LogP contribution in [0.2, 0.25) is 0 Å². The zero-order chi connectivity index (χ0) is 17.8. The zero-order valence-corrected chi connectivity index (χ0v) is 13.6. The largest absolute Gasteiger partial charge is 0.321 e. The Bertz CT molecular complexity index is 993. The van der Waals surface area contributed by atoms with Crippen molar-refractivity contribution in [1.82, 2.24) is 35.2 Å². The second-order valence-corrected chi connectivity index (χ2v) is 5.54. The molecule has 1 N–H and O–H groups in total.